The Hall–Kier alpha value is -2.96. The highest BCUT2D eigenvalue weighted by Crippen LogP contribution is 2.28. The molecule has 1 unspecified atom stereocenters. The number of piperidine rings is 1. The van der Waals surface area contributed by atoms with Crippen LogP contribution in [0.4, 0.5) is 5.69 Å². The van der Waals surface area contributed by atoms with Crippen molar-refractivity contribution in [2.75, 3.05) is 32.5 Å². The number of carbonyl (C=O) groups excluding carboxylic acids is 2. The van der Waals surface area contributed by atoms with Crippen LogP contribution in [-0.2, 0) is 4.79 Å². The van der Waals surface area contributed by atoms with Gasteiger partial charge in [0.05, 0.1) is 6.54 Å². The molecule has 0 saturated carbocycles. The number of likely N-dealkylation sites (N-methyl/N-ethyl adjacent to an activating group) is 1. The molecular weight excluding hydrogens is 330 g/mol. The number of amides is 2. The van der Waals surface area contributed by atoms with Crippen molar-refractivity contribution in [1.29, 1.82) is 0 Å². The Morgan fingerprint density at radius 2 is 1.96 bits per heavy atom. The van der Waals surface area contributed by atoms with Crippen molar-refractivity contribution in [1.82, 2.24) is 19.8 Å². The number of likely N-dealkylation sites (tertiary alicyclic amines) is 1. The zero-order valence-corrected chi connectivity index (χ0v) is 15.1. The summed E-state index contributed by atoms with van der Waals surface area (Å²) in [5.41, 5.74) is 0.345. The molecule has 1 aliphatic rings. The first-order chi connectivity index (χ1) is 12.5. The summed E-state index contributed by atoms with van der Waals surface area (Å²) < 4.78 is 0. The highest BCUT2D eigenvalue weighted by Gasteiger charge is 2.44. The maximum absolute atomic E-state index is 13.0. The first-order valence-electron chi connectivity index (χ1n) is 8.62. The van der Waals surface area contributed by atoms with Crippen molar-refractivity contribution in [2.45, 2.75) is 18.4 Å². The standard InChI is InChI=1S/C19H23N5O2/c1-23(2)18(26)19(22-15-7-4-3-5-8-15)10-6-12-24(13-19)17(25)16-9-11-20-14-21-16/h3-5,7-9,11,14,22H,6,10,12-13H2,1-2H3. The smallest absolute Gasteiger partial charge is 0.272 e. The van der Waals surface area contributed by atoms with Gasteiger partial charge in [-0.25, -0.2) is 9.97 Å². The fourth-order valence-electron chi connectivity index (χ4n) is 3.36. The lowest BCUT2D eigenvalue weighted by atomic mass is 9.86. The van der Waals surface area contributed by atoms with E-state index in [0.717, 1.165) is 12.1 Å². The number of para-hydroxylation sites is 1. The molecule has 1 aromatic heterocycles. The zero-order chi connectivity index (χ0) is 18.6. The molecule has 26 heavy (non-hydrogen) atoms. The molecule has 0 aliphatic carbocycles. The molecule has 1 N–H and O–H groups in total. The molecule has 0 bridgehead atoms. The van der Waals surface area contributed by atoms with Gasteiger partial charge < -0.3 is 15.1 Å². The highest BCUT2D eigenvalue weighted by molar-refractivity contribution is 5.94. The minimum Gasteiger partial charge on any atom is -0.370 e. The number of carbonyl (C=O) groups is 2. The number of aromatic nitrogens is 2. The predicted octanol–water partition coefficient (Wildman–Crippen LogP) is 1.65. The summed E-state index contributed by atoms with van der Waals surface area (Å²) >= 11 is 0. The maximum atomic E-state index is 13.0. The number of nitrogens with zero attached hydrogens (tertiary/aromatic N) is 4. The second-order valence-corrected chi connectivity index (χ2v) is 6.70. The molecule has 0 spiro atoms. The van der Waals surface area contributed by atoms with Gasteiger partial charge in [-0.3, -0.25) is 9.59 Å². The van der Waals surface area contributed by atoms with Crippen LogP contribution < -0.4 is 5.32 Å². The van der Waals surface area contributed by atoms with E-state index in [1.54, 1.807) is 36.2 Å². The van der Waals surface area contributed by atoms with Crippen LogP contribution in [0.5, 0.6) is 0 Å². The first-order valence-corrected chi connectivity index (χ1v) is 8.62. The monoisotopic (exact) mass is 353 g/mol. The van der Waals surface area contributed by atoms with Crippen LogP contribution in [0.2, 0.25) is 0 Å². The van der Waals surface area contributed by atoms with Crippen LogP contribution in [0.3, 0.4) is 0 Å². The van der Waals surface area contributed by atoms with Crippen LogP contribution in [0, 0.1) is 0 Å². The molecule has 2 heterocycles. The van der Waals surface area contributed by atoms with Gasteiger partial charge in [0.2, 0.25) is 5.91 Å². The molecule has 3 rings (SSSR count). The molecular formula is C19H23N5O2. The first kappa shape index (κ1) is 17.8. The van der Waals surface area contributed by atoms with E-state index in [0.29, 0.717) is 25.2 Å². The van der Waals surface area contributed by atoms with E-state index in [-0.39, 0.29) is 11.8 Å². The van der Waals surface area contributed by atoms with Gasteiger partial charge in [0.25, 0.3) is 5.91 Å². The van der Waals surface area contributed by atoms with E-state index in [2.05, 4.69) is 15.3 Å². The van der Waals surface area contributed by atoms with Crippen LogP contribution in [0.15, 0.2) is 48.9 Å². The molecule has 136 valence electrons. The van der Waals surface area contributed by atoms with Crippen molar-refractivity contribution in [3.8, 4) is 0 Å². The Morgan fingerprint density at radius 1 is 1.19 bits per heavy atom. The van der Waals surface area contributed by atoms with E-state index in [9.17, 15) is 9.59 Å². The summed E-state index contributed by atoms with van der Waals surface area (Å²) in [6.45, 7) is 0.892. The molecule has 1 saturated heterocycles. The minimum atomic E-state index is -0.855. The summed E-state index contributed by atoms with van der Waals surface area (Å²) in [5.74, 6) is -0.223. The molecule has 0 radical (unpaired) electrons. The van der Waals surface area contributed by atoms with Crippen LogP contribution >= 0.6 is 0 Å². The number of nitrogens with one attached hydrogen (secondary N) is 1. The van der Waals surface area contributed by atoms with Gasteiger partial charge in [-0.15, -0.1) is 0 Å². The summed E-state index contributed by atoms with van der Waals surface area (Å²) in [7, 11) is 3.48. The van der Waals surface area contributed by atoms with E-state index in [4.69, 9.17) is 0 Å². The third kappa shape index (κ3) is 3.66. The number of hydrogen-bond donors (Lipinski definition) is 1. The van der Waals surface area contributed by atoms with Gasteiger partial charge in [-0.05, 0) is 31.0 Å². The summed E-state index contributed by atoms with van der Waals surface area (Å²) in [6.07, 6.45) is 4.30. The Bertz CT molecular complexity index is 766. The van der Waals surface area contributed by atoms with E-state index >= 15 is 0 Å². The number of rotatable bonds is 4. The number of hydrogen-bond acceptors (Lipinski definition) is 5. The van der Waals surface area contributed by atoms with Crippen LogP contribution in [0.1, 0.15) is 23.3 Å². The third-order valence-electron chi connectivity index (χ3n) is 4.55. The largest absolute Gasteiger partial charge is 0.370 e. The lowest BCUT2D eigenvalue weighted by Gasteiger charge is -2.43. The summed E-state index contributed by atoms with van der Waals surface area (Å²) in [4.78, 5) is 37.0. The average molecular weight is 353 g/mol. The average Bonchev–Trinajstić information content (AvgIpc) is 2.68. The van der Waals surface area contributed by atoms with Gasteiger partial charge in [0, 0.05) is 32.5 Å². The maximum Gasteiger partial charge on any atom is 0.272 e. The Balaban J connectivity index is 1.88. The quantitative estimate of drug-likeness (QED) is 0.904. The molecule has 1 fully saturated rings. The van der Waals surface area contributed by atoms with Crippen molar-refractivity contribution in [3.05, 3.63) is 54.6 Å². The molecule has 1 aromatic carbocycles. The van der Waals surface area contributed by atoms with E-state index in [1.807, 2.05) is 30.3 Å². The second-order valence-electron chi connectivity index (χ2n) is 6.70. The van der Waals surface area contributed by atoms with Gasteiger partial charge in [-0.1, -0.05) is 18.2 Å². The van der Waals surface area contributed by atoms with Crippen molar-refractivity contribution in [3.63, 3.8) is 0 Å². The second kappa shape index (κ2) is 7.51. The van der Waals surface area contributed by atoms with Crippen molar-refractivity contribution in [2.24, 2.45) is 0 Å². The van der Waals surface area contributed by atoms with Gasteiger partial charge >= 0.3 is 0 Å². The van der Waals surface area contributed by atoms with Crippen LogP contribution in [0.25, 0.3) is 0 Å². The van der Waals surface area contributed by atoms with E-state index < -0.39 is 5.54 Å². The van der Waals surface area contributed by atoms with E-state index in [1.165, 1.54) is 6.33 Å². The lowest BCUT2D eigenvalue weighted by molar-refractivity contribution is -0.135. The van der Waals surface area contributed by atoms with Crippen molar-refractivity contribution >= 4 is 17.5 Å². The summed E-state index contributed by atoms with van der Waals surface area (Å²) in [6, 6.07) is 11.2. The molecule has 7 heteroatoms. The summed E-state index contributed by atoms with van der Waals surface area (Å²) in [5, 5.41) is 3.39. The normalized spacial score (nSPS) is 19.7. The Kier molecular flexibility index (Phi) is 5.16. The van der Waals surface area contributed by atoms with Gasteiger partial charge in [-0.2, -0.15) is 0 Å². The molecule has 2 aromatic rings. The molecule has 2 amide bonds. The topological polar surface area (TPSA) is 78.4 Å². The number of anilines is 1. The zero-order valence-electron chi connectivity index (χ0n) is 15.1. The Morgan fingerprint density at radius 3 is 2.62 bits per heavy atom. The van der Waals surface area contributed by atoms with Gasteiger partial charge in [0.15, 0.2) is 0 Å². The number of benzene rings is 1. The highest BCUT2D eigenvalue weighted by atomic mass is 16.2. The molecule has 1 aliphatic heterocycles. The molecule has 1 atom stereocenters. The lowest BCUT2D eigenvalue weighted by Crippen LogP contribution is -2.62. The fraction of sp³-hybridized carbons (Fsp3) is 0.368. The Labute approximate surface area is 153 Å². The predicted molar refractivity (Wildman–Crippen MR) is 98.7 cm³/mol. The third-order valence-corrected chi connectivity index (χ3v) is 4.55. The SMILES string of the molecule is CN(C)C(=O)C1(Nc2ccccc2)CCCN(C(=O)c2ccncn2)C1. The van der Waals surface area contributed by atoms with Crippen LogP contribution in [-0.4, -0.2) is 64.3 Å². The van der Waals surface area contributed by atoms with Crippen molar-refractivity contribution < 1.29 is 9.59 Å². The molecule has 7 nitrogen and oxygen atoms in total. The fourth-order valence-corrected chi connectivity index (χ4v) is 3.36. The van der Waals surface area contributed by atoms with Gasteiger partial charge in [0.1, 0.15) is 17.6 Å². The minimum absolute atomic E-state index is 0.0402.